The number of piperazine rings is 1. The summed E-state index contributed by atoms with van der Waals surface area (Å²) in [5.41, 5.74) is 0.660. The lowest BCUT2D eigenvalue weighted by atomic mass is 9.96. The first kappa shape index (κ1) is 17.5. The quantitative estimate of drug-likeness (QED) is 0.817. The Kier molecular flexibility index (Phi) is 5.00. The normalized spacial score (nSPS) is 22.2. The topological polar surface area (TPSA) is 57.0 Å². The summed E-state index contributed by atoms with van der Waals surface area (Å²) in [4.78, 5) is 19.6. The monoisotopic (exact) mass is 376 g/mol. The van der Waals surface area contributed by atoms with Crippen molar-refractivity contribution in [3.63, 3.8) is 0 Å². The largest absolute Gasteiger partial charge is 0.340 e. The molecule has 0 unspecified atom stereocenters. The lowest BCUT2D eigenvalue weighted by molar-refractivity contribution is -0.137. The van der Waals surface area contributed by atoms with E-state index in [9.17, 15) is 4.79 Å². The second-order valence-electron chi connectivity index (χ2n) is 7.09. The average molecular weight is 377 g/mol. The number of piperidine rings is 1. The average Bonchev–Trinajstić information content (AvgIpc) is 3.13. The molecule has 2 aromatic heterocycles. The Morgan fingerprint density at radius 3 is 2.81 bits per heavy atom. The van der Waals surface area contributed by atoms with Crippen molar-refractivity contribution in [2.75, 3.05) is 50.7 Å². The molecule has 0 spiro atoms. The van der Waals surface area contributed by atoms with Crippen LogP contribution in [0.5, 0.6) is 0 Å². The van der Waals surface area contributed by atoms with Crippen molar-refractivity contribution in [3.05, 3.63) is 23.4 Å². The number of pyridine rings is 1. The second-order valence-corrected chi connectivity index (χ2v) is 7.50. The van der Waals surface area contributed by atoms with Gasteiger partial charge >= 0.3 is 0 Å². The molecule has 26 heavy (non-hydrogen) atoms. The summed E-state index contributed by atoms with van der Waals surface area (Å²) in [6, 6.07) is 3.70. The van der Waals surface area contributed by atoms with Gasteiger partial charge in [0.25, 0.3) is 0 Å². The van der Waals surface area contributed by atoms with Crippen LogP contribution in [0.2, 0.25) is 5.02 Å². The van der Waals surface area contributed by atoms with Crippen LogP contribution in [-0.4, -0.2) is 76.1 Å². The van der Waals surface area contributed by atoms with Crippen LogP contribution in [-0.2, 0) is 4.79 Å². The Morgan fingerprint density at radius 2 is 2.04 bits per heavy atom. The first-order valence-electron chi connectivity index (χ1n) is 9.42. The van der Waals surface area contributed by atoms with E-state index in [-0.39, 0.29) is 11.8 Å². The molecule has 0 saturated carbocycles. The molecule has 1 atom stereocenters. The third kappa shape index (κ3) is 3.25. The summed E-state index contributed by atoms with van der Waals surface area (Å²) in [7, 11) is 0. The lowest BCUT2D eigenvalue weighted by Gasteiger charge is -2.38. The summed E-state index contributed by atoms with van der Waals surface area (Å²) in [6.45, 7) is 8.45. The Hall–Kier alpha value is -1.86. The first-order valence-corrected chi connectivity index (χ1v) is 9.80. The van der Waals surface area contributed by atoms with Gasteiger partial charge in [-0.15, -0.1) is 10.2 Å². The van der Waals surface area contributed by atoms with Crippen molar-refractivity contribution >= 4 is 29.1 Å². The molecule has 7 nitrogen and oxygen atoms in total. The van der Waals surface area contributed by atoms with Crippen molar-refractivity contribution in [3.8, 4) is 0 Å². The van der Waals surface area contributed by atoms with E-state index in [1.165, 1.54) is 0 Å². The molecule has 0 radical (unpaired) electrons. The number of hydrogen-bond acceptors (Lipinski definition) is 5. The Bertz CT molecular complexity index is 785. The minimum atomic E-state index is 0.0310. The summed E-state index contributed by atoms with van der Waals surface area (Å²) in [5.74, 6) is 1.09. The maximum Gasteiger partial charge on any atom is 0.231 e. The third-order valence-corrected chi connectivity index (χ3v) is 5.85. The molecule has 8 heteroatoms. The number of halogens is 1. The first-order chi connectivity index (χ1) is 12.7. The number of carbonyl (C=O) groups excluding carboxylic acids is 1. The number of likely N-dealkylation sites (N-methyl/N-ethyl adjacent to an activating group) is 1. The number of rotatable bonds is 3. The maximum atomic E-state index is 13.0. The number of fused-ring (bicyclic) bond motifs is 1. The van der Waals surface area contributed by atoms with Crippen molar-refractivity contribution in [1.29, 1.82) is 0 Å². The van der Waals surface area contributed by atoms with E-state index >= 15 is 0 Å². The van der Waals surface area contributed by atoms with E-state index in [4.69, 9.17) is 11.6 Å². The number of aromatic nitrogens is 3. The van der Waals surface area contributed by atoms with Crippen LogP contribution in [0.15, 0.2) is 18.3 Å². The standard InChI is InChI=1S/C18H25ClN6O/c1-2-22-9-11-23(12-10-22)17(26)14-5-3-7-24(13-14)18-21-20-16-15(19)6-4-8-25(16)18/h4,6,8,14H,2-3,5,7,9-13H2,1H3/t14-/m0/s1. The molecule has 0 N–H and O–H groups in total. The van der Waals surface area contributed by atoms with Gasteiger partial charge in [-0.05, 0) is 31.5 Å². The molecule has 2 fully saturated rings. The fraction of sp³-hybridized carbons (Fsp3) is 0.611. The molecular formula is C18H25ClN6O. The fourth-order valence-electron chi connectivity index (χ4n) is 3.99. The molecule has 2 aromatic rings. The summed E-state index contributed by atoms with van der Waals surface area (Å²) < 4.78 is 1.91. The van der Waals surface area contributed by atoms with Gasteiger partial charge in [-0.3, -0.25) is 9.20 Å². The summed E-state index contributed by atoms with van der Waals surface area (Å²) in [6.07, 6.45) is 3.85. The molecular weight excluding hydrogens is 352 g/mol. The summed E-state index contributed by atoms with van der Waals surface area (Å²) >= 11 is 6.21. The van der Waals surface area contributed by atoms with Crippen molar-refractivity contribution < 1.29 is 4.79 Å². The highest BCUT2D eigenvalue weighted by atomic mass is 35.5. The van der Waals surface area contributed by atoms with Gasteiger partial charge in [0.1, 0.15) is 0 Å². The molecule has 140 valence electrons. The van der Waals surface area contributed by atoms with Crippen LogP contribution < -0.4 is 4.90 Å². The molecule has 4 heterocycles. The molecule has 4 rings (SSSR count). The van der Waals surface area contributed by atoms with Crippen LogP contribution in [0.3, 0.4) is 0 Å². The SMILES string of the molecule is CCN1CCN(C(=O)[C@H]2CCCN(c3nnc4c(Cl)cccn34)C2)CC1. The molecule has 0 aliphatic carbocycles. The Labute approximate surface area is 158 Å². The smallest absolute Gasteiger partial charge is 0.231 e. The van der Waals surface area contributed by atoms with Gasteiger partial charge in [-0.2, -0.15) is 0 Å². The van der Waals surface area contributed by atoms with Crippen LogP contribution >= 0.6 is 11.6 Å². The molecule has 0 aromatic carbocycles. The van der Waals surface area contributed by atoms with Gasteiger partial charge in [0.05, 0.1) is 10.9 Å². The van der Waals surface area contributed by atoms with E-state index in [0.717, 1.165) is 58.1 Å². The molecule has 1 amide bonds. The molecule has 0 bridgehead atoms. The number of amides is 1. The van der Waals surface area contributed by atoms with Crippen molar-refractivity contribution in [1.82, 2.24) is 24.4 Å². The molecule has 2 aliphatic heterocycles. The number of hydrogen-bond donors (Lipinski definition) is 0. The molecule has 2 saturated heterocycles. The highest BCUT2D eigenvalue weighted by molar-refractivity contribution is 6.33. The zero-order valence-corrected chi connectivity index (χ0v) is 15.9. The van der Waals surface area contributed by atoms with Gasteiger partial charge in [-0.25, -0.2) is 0 Å². The zero-order chi connectivity index (χ0) is 18.1. The van der Waals surface area contributed by atoms with Gasteiger partial charge in [0.2, 0.25) is 11.9 Å². The number of carbonyl (C=O) groups is 1. The van der Waals surface area contributed by atoms with Gasteiger partial charge in [0, 0.05) is 45.5 Å². The van der Waals surface area contributed by atoms with Gasteiger partial charge in [-0.1, -0.05) is 18.5 Å². The van der Waals surface area contributed by atoms with Crippen LogP contribution in [0.1, 0.15) is 19.8 Å². The van der Waals surface area contributed by atoms with Crippen LogP contribution in [0.25, 0.3) is 5.65 Å². The zero-order valence-electron chi connectivity index (χ0n) is 15.1. The van der Waals surface area contributed by atoms with Crippen LogP contribution in [0.4, 0.5) is 5.95 Å². The summed E-state index contributed by atoms with van der Waals surface area (Å²) in [5, 5.41) is 9.13. The third-order valence-electron chi connectivity index (χ3n) is 5.55. The Morgan fingerprint density at radius 1 is 1.23 bits per heavy atom. The highest BCUT2D eigenvalue weighted by Gasteiger charge is 2.32. The van der Waals surface area contributed by atoms with E-state index in [0.29, 0.717) is 17.2 Å². The minimum Gasteiger partial charge on any atom is -0.340 e. The second kappa shape index (κ2) is 7.40. The van der Waals surface area contributed by atoms with Gasteiger partial charge < -0.3 is 14.7 Å². The van der Waals surface area contributed by atoms with E-state index < -0.39 is 0 Å². The predicted molar refractivity (Wildman–Crippen MR) is 102 cm³/mol. The molecule has 2 aliphatic rings. The maximum absolute atomic E-state index is 13.0. The lowest BCUT2D eigenvalue weighted by Crippen LogP contribution is -2.52. The predicted octanol–water partition coefficient (Wildman–Crippen LogP) is 1.76. The van der Waals surface area contributed by atoms with E-state index in [2.05, 4.69) is 26.9 Å². The van der Waals surface area contributed by atoms with Crippen molar-refractivity contribution in [2.24, 2.45) is 5.92 Å². The Balaban J connectivity index is 1.47. The van der Waals surface area contributed by atoms with Gasteiger partial charge in [0.15, 0.2) is 5.65 Å². The van der Waals surface area contributed by atoms with E-state index in [1.54, 1.807) is 0 Å². The highest BCUT2D eigenvalue weighted by Crippen LogP contribution is 2.26. The minimum absolute atomic E-state index is 0.0310. The number of nitrogens with zero attached hydrogens (tertiary/aromatic N) is 6. The van der Waals surface area contributed by atoms with E-state index in [1.807, 2.05) is 27.6 Å². The number of anilines is 1. The van der Waals surface area contributed by atoms with Crippen LogP contribution in [0, 0.1) is 5.92 Å². The van der Waals surface area contributed by atoms with Crippen molar-refractivity contribution in [2.45, 2.75) is 19.8 Å². The fourth-order valence-corrected chi connectivity index (χ4v) is 4.19.